The van der Waals surface area contributed by atoms with Crippen molar-refractivity contribution in [1.29, 1.82) is 0 Å². The third-order valence-electron chi connectivity index (χ3n) is 6.60. The average molecular weight is 754 g/mol. The average Bonchev–Trinajstić information content (AvgIpc) is 3.03. The van der Waals surface area contributed by atoms with E-state index in [4.69, 9.17) is 22.9 Å². The molecular formula is C26H47N11O11S2. The normalized spacial score (nSPS) is 15.6. The fourth-order valence-corrected chi connectivity index (χ4v) is 4.22. The van der Waals surface area contributed by atoms with Crippen molar-refractivity contribution < 1.29 is 53.7 Å². The number of aliphatic imine (C=N–C) groups is 1. The van der Waals surface area contributed by atoms with E-state index in [1.54, 1.807) is 0 Å². The Hall–Kier alpha value is -4.39. The topological polar surface area (TPSA) is 386 Å². The molecule has 0 bridgehead atoms. The molecule has 0 fully saturated rings. The van der Waals surface area contributed by atoms with E-state index in [9.17, 15) is 53.7 Å². The molecule has 50 heavy (non-hydrogen) atoms. The Labute approximate surface area is 297 Å². The van der Waals surface area contributed by atoms with Gasteiger partial charge in [0.1, 0.15) is 36.3 Å². The lowest BCUT2D eigenvalue weighted by Crippen LogP contribution is -2.62. The van der Waals surface area contributed by atoms with Crippen LogP contribution in [0.2, 0.25) is 0 Å². The maximum absolute atomic E-state index is 13.1. The van der Waals surface area contributed by atoms with E-state index >= 15 is 0 Å². The first kappa shape index (κ1) is 45.6. The number of carboxylic acids is 1. The Morgan fingerprint density at radius 1 is 0.700 bits per heavy atom. The number of carboxylic acid groups (broad SMARTS) is 1. The molecule has 284 valence electrons. The fraction of sp³-hybridized carbons (Fsp3) is 0.654. The Morgan fingerprint density at radius 2 is 1.22 bits per heavy atom. The van der Waals surface area contributed by atoms with Crippen LogP contribution in [0.3, 0.4) is 0 Å². The Kier molecular flexibility index (Phi) is 21.1. The standard InChI is InChI=1S/C26H47N11O11S2/c1-10(20(43)36-16(9-50)19(28)42)32-25(48)18(11(2)39)37-23(46)14(6-17(40)41)34-24(47)15(7-38)35-22(45)13(4-3-5-31-26(29)30)33-21(44)12(27)8-49/h10-16,18,38-39,49-50H,3-9,27H2,1-2H3,(H2,28,42)(H,32,48)(H,33,44)(H,34,47)(H,35,45)(H,36,43)(H,37,46)(H,40,41)(H4,29,30,31)/t10-,11+,12-,13-,14-,15-,16-,18-/m0/s1. The summed E-state index contributed by atoms with van der Waals surface area (Å²) < 4.78 is 0. The number of hydrogen-bond donors (Lipinski definition) is 15. The van der Waals surface area contributed by atoms with Gasteiger partial charge in [0, 0.05) is 18.1 Å². The van der Waals surface area contributed by atoms with Crippen molar-refractivity contribution in [2.45, 2.75) is 81.5 Å². The molecule has 0 spiro atoms. The molecular weight excluding hydrogens is 706 g/mol. The number of aliphatic carboxylic acids is 1. The SMILES string of the molecule is C[C@H](NC(=O)[C@@H](NC(=O)[C@H](CC(=O)O)NC(=O)[C@H](CO)NC(=O)[C@H](CCCN=C(N)N)NC(=O)[C@@H](N)CS)[C@@H](C)O)C(=O)N[C@@H](CS)C(N)=O. The summed E-state index contributed by atoms with van der Waals surface area (Å²) in [7, 11) is 0. The highest BCUT2D eigenvalue weighted by atomic mass is 32.1. The number of guanidine groups is 1. The highest BCUT2D eigenvalue weighted by molar-refractivity contribution is 7.80. The summed E-state index contributed by atoms with van der Waals surface area (Å²) in [6.45, 7) is 1.33. The molecule has 0 unspecified atom stereocenters. The second kappa shape index (κ2) is 23.1. The molecule has 0 saturated carbocycles. The van der Waals surface area contributed by atoms with E-state index in [2.05, 4.69) is 62.2 Å². The van der Waals surface area contributed by atoms with Crippen LogP contribution in [-0.4, -0.2) is 142 Å². The molecule has 0 aromatic carbocycles. The smallest absolute Gasteiger partial charge is 0.305 e. The summed E-state index contributed by atoms with van der Waals surface area (Å²) >= 11 is 7.83. The molecule has 8 atom stereocenters. The monoisotopic (exact) mass is 753 g/mol. The molecule has 0 radical (unpaired) electrons. The van der Waals surface area contributed by atoms with Gasteiger partial charge in [-0.2, -0.15) is 25.3 Å². The van der Waals surface area contributed by atoms with Gasteiger partial charge in [-0.3, -0.25) is 43.3 Å². The van der Waals surface area contributed by atoms with E-state index in [1.165, 1.54) is 6.92 Å². The molecule has 0 heterocycles. The van der Waals surface area contributed by atoms with Crippen LogP contribution in [0.4, 0.5) is 0 Å². The molecule has 17 N–H and O–H groups in total. The summed E-state index contributed by atoms with van der Waals surface area (Å²) in [6, 6.07) is -10.4. The van der Waals surface area contributed by atoms with Gasteiger partial charge in [-0.05, 0) is 26.7 Å². The van der Waals surface area contributed by atoms with Crippen LogP contribution in [0.1, 0.15) is 33.1 Å². The lowest BCUT2D eigenvalue weighted by molar-refractivity contribution is -0.142. The van der Waals surface area contributed by atoms with Crippen LogP contribution in [0.5, 0.6) is 0 Å². The van der Waals surface area contributed by atoms with Gasteiger partial charge >= 0.3 is 5.97 Å². The van der Waals surface area contributed by atoms with Gasteiger partial charge in [0.25, 0.3) is 0 Å². The fourth-order valence-electron chi connectivity index (χ4n) is 3.79. The number of aliphatic hydroxyl groups excluding tert-OH is 2. The van der Waals surface area contributed by atoms with Gasteiger partial charge in [-0.25, -0.2) is 0 Å². The van der Waals surface area contributed by atoms with Gasteiger partial charge in [0.15, 0.2) is 5.96 Å². The van der Waals surface area contributed by atoms with Crippen molar-refractivity contribution in [2.75, 3.05) is 24.7 Å². The highest BCUT2D eigenvalue weighted by Gasteiger charge is 2.34. The summed E-state index contributed by atoms with van der Waals surface area (Å²) in [5.74, 6) is -9.13. The highest BCUT2D eigenvalue weighted by Crippen LogP contribution is 2.04. The lowest BCUT2D eigenvalue weighted by atomic mass is 10.1. The number of hydrogen-bond acceptors (Lipinski definition) is 14. The Morgan fingerprint density at radius 3 is 1.70 bits per heavy atom. The van der Waals surface area contributed by atoms with Crippen molar-refractivity contribution in [1.82, 2.24) is 31.9 Å². The first-order chi connectivity index (χ1) is 23.3. The zero-order valence-corrected chi connectivity index (χ0v) is 29.1. The first-order valence-corrected chi connectivity index (χ1v) is 16.2. The Balaban J connectivity index is 5.84. The molecule has 0 aliphatic rings. The van der Waals surface area contributed by atoms with E-state index in [1.807, 2.05) is 0 Å². The van der Waals surface area contributed by atoms with Gasteiger partial charge in [0.05, 0.1) is 25.2 Å². The molecule has 0 saturated heterocycles. The summed E-state index contributed by atoms with van der Waals surface area (Å²) in [4.78, 5) is 104. The Bertz CT molecular complexity index is 1250. The number of amides is 7. The van der Waals surface area contributed by atoms with Crippen LogP contribution < -0.4 is 54.8 Å². The second-order valence-electron chi connectivity index (χ2n) is 10.8. The molecule has 0 aromatic heterocycles. The number of carbonyl (C=O) groups is 8. The zero-order valence-electron chi connectivity index (χ0n) is 27.3. The third kappa shape index (κ3) is 16.8. The van der Waals surface area contributed by atoms with Crippen LogP contribution >= 0.6 is 25.3 Å². The third-order valence-corrected chi connectivity index (χ3v) is 7.35. The summed E-state index contributed by atoms with van der Waals surface area (Å²) in [5, 5.41) is 42.6. The largest absolute Gasteiger partial charge is 0.481 e. The van der Waals surface area contributed by atoms with Crippen LogP contribution in [-0.2, 0) is 38.4 Å². The van der Waals surface area contributed by atoms with Crippen LogP contribution in [0.25, 0.3) is 0 Å². The van der Waals surface area contributed by atoms with Crippen molar-refractivity contribution >= 4 is 78.5 Å². The number of primary amides is 1. The zero-order chi connectivity index (χ0) is 38.7. The van der Waals surface area contributed by atoms with Crippen molar-refractivity contribution in [3.63, 3.8) is 0 Å². The number of thiol groups is 2. The van der Waals surface area contributed by atoms with Crippen molar-refractivity contribution in [3.8, 4) is 0 Å². The van der Waals surface area contributed by atoms with E-state index < -0.39 is 109 Å². The van der Waals surface area contributed by atoms with Gasteiger partial charge in [-0.15, -0.1) is 0 Å². The minimum atomic E-state index is -1.92. The van der Waals surface area contributed by atoms with E-state index in [0.29, 0.717) is 0 Å². The maximum Gasteiger partial charge on any atom is 0.305 e. The van der Waals surface area contributed by atoms with Crippen LogP contribution in [0, 0.1) is 0 Å². The van der Waals surface area contributed by atoms with Crippen molar-refractivity contribution in [2.24, 2.45) is 27.9 Å². The predicted octanol–water partition coefficient (Wildman–Crippen LogP) is -7.51. The molecule has 0 aliphatic heterocycles. The number of nitrogens with zero attached hydrogens (tertiary/aromatic N) is 1. The van der Waals surface area contributed by atoms with Gasteiger partial charge < -0.3 is 70.2 Å². The van der Waals surface area contributed by atoms with E-state index in [0.717, 1.165) is 6.92 Å². The van der Waals surface area contributed by atoms with Crippen molar-refractivity contribution in [3.05, 3.63) is 0 Å². The quantitative estimate of drug-likeness (QED) is 0.0200. The maximum atomic E-state index is 13.1. The predicted molar refractivity (Wildman–Crippen MR) is 183 cm³/mol. The number of carbonyl (C=O) groups excluding carboxylic acids is 7. The second-order valence-corrected chi connectivity index (χ2v) is 11.5. The van der Waals surface area contributed by atoms with Crippen LogP contribution in [0.15, 0.2) is 4.99 Å². The summed E-state index contributed by atoms with van der Waals surface area (Å²) in [5.41, 5.74) is 21.4. The number of aliphatic hydroxyl groups is 2. The van der Waals surface area contributed by atoms with Gasteiger partial charge in [0.2, 0.25) is 41.4 Å². The molecule has 0 aliphatic carbocycles. The number of nitrogens with two attached hydrogens (primary N) is 4. The lowest BCUT2D eigenvalue weighted by Gasteiger charge is -2.27. The molecule has 7 amide bonds. The number of nitrogens with one attached hydrogen (secondary N) is 6. The molecule has 22 nitrogen and oxygen atoms in total. The first-order valence-electron chi connectivity index (χ1n) is 14.9. The minimum absolute atomic E-state index is 0.0541. The number of rotatable bonds is 23. The molecule has 0 rings (SSSR count). The van der Waals surface area contributed by atoms with Gasteiger partial charge in [-0.1, -0.05) is 0 Å². The summed E-state index contributed by atoms with van der Waals surface area (Å²) in [6.07, 6.45) is -2.55. The molecule has 24 heteroatoms. The molecule has 0 aromatic rings. The van der Waals surface area contributed by atoms with E-state index in [-0.39, 0.29) is 36.9 Å². The minimum Gasteiger partial charge on any atom is -0.481 e.